The molecule has 4 aromatic rings. The number of carbonyl (C=O) groups excluding carboxylic acids is 1. The number of ketones is 1. The minimum Gasteiger partial charge on any atom is -0.322 e. The van der Waals surface area contributed by atoms with Gasteiger partial charge in [-0.3, -0.25) is 9.59 Å². The van der Waals surface area contributed by atoms with Gasteiger partial charge in [0.05, 0.1) is 4.90 Å². The van der Waals surface area contributed by atoms with Crippen LogP contribution in [0.5, 0.6) is 0 Å². The number of aryl methyl sites for hydroxylation is 2. The van der Waals surface area contributed by atoms with Crippen LogP contribution in [0, 0.1) is 19.7 Å². The first-order chi connectivity index (χ1) is 16.5. The zero-order chi connectivity index (χ0) is 25.3. The van der Waals surface area contributed by atoms with Gasteiger partial charge in [0.15, 0.2) is 5.78 Å². The fourth-order valence-corrected chi connectivity index (χ4v) is 5.27. The molecule has 0 aliphatic carbocycles. The van der Waals surface area contributed by atoms with E-state index in [-0.39, 0.29) is 34.9 Å². The van der Waals surface area contributed by atoms with Gasteiger partial charge in [-0.05, 0) is 85.3 Å². The molecule has 0 saturated heterocycles. The maximum absolute atomic E-state index is 13.6. The highest BCUT2D eigenvalue weighted by Crippen LogP contribution is 2.23. The van der Waals surface area contributed by atoms with E-state index < -0.39 is 15.8 Å². The lowest BCUT2D eigenvalue weighted by Gasteiger charge is -2.22. The molecule has 8 heteroatoms. The van der Waals surface area contributed by atoms with Crippen molar-refractivity contribution in [2.45, 2.75) is 38.8 Å². The van der Waals surface area contributed by atoms with E-state index in [1.807, 2.05) is 26.0 Å². The molecule has 0 bridgehead atoms. The molecule has 0 amide bonds. The van der Waals surface area contributed by atoms with Gasteiger partial charge in [-0.15, -0.1) is 0 Å². The van der Waals surface area contributed by atoms with Crippen LogP contribution in [-0.2, 0) is 23.1 Å². The summed E-state index contributed by atoms with van der Waals surface area (Å²) in [4.78, 5) is 27.3. The predicted molar refractivity (Wildman–Crippen MR) is 133 cm³/mol. The molecule has 0 aliphatic heterocycles. The van der Waals surface area contributed by atoms with Crippen LogP contribution in [0.3, 0.4) is 0 Å². The molecule has 180 valence electrons. The van der Waals surface area contributed by atoms with Crippen molar-refractivity contribution in [1.82, 2.24) is 9.29 Å². The fraction of sp³-hybridized carbons (Fsp3) is 0.185. The van der Waals surface area contributed by atoms with Crippen LogP contribution in [0.4, 0.5) is 4.39 Å². The number of nitrogens with zero attached hydrogens (tertiary/aromatic N) is 1. The maximum atomic E-state index is 13.6. The Hall–Kier alpha value is -3.62. The van der Waals surface area contributed by atoms with Crippen molar-refractivity contribution in [1.29, 1.82) is 0 Å². The molecule has 0 spiro atoms. The highest BCUT2D eigenvalue weighted by molar-refractivity contribution is 7.89. The summed E-state index contributed by atoms with van der Waals surface area (Å²) in [5, 5.41) is 0.799. The summed E-state index contributed by atoms with van der Waals surface area (Å²) in [6.45, 7) is 5.07. The Balaban J connectivity index is 1.77. The largest absolute Gasteiger partial charge is 0.322 e. The Kier molecular flexibility index (Phi) is 6.69. The van der Waals surface area contributed by atoms with Gasteiger partial charge in [-0.2, -0.15) is 4.31 Å². The van der Waals surface area contributed by atoms with E-state index >= 15 is 0 Å². The smallest absolute Gasteiger partial charge is 0.252 e. The lowest BCUT2D eigenvalue weighted by Crippen LogP contribution is -2.32. The van der Waals surface area contributed by atoms with Crippen LogP contribution < -0.4 is 5.56 Å². The zero-order valence-electron chi connectivity index (χ0n) is 19.6. The maximum Gasteiger partial charge on any atom is 0.252 e. The number of nitrogens with one attached hydrogen (secondary N) is 1. The number of carbonyl (C=O) groups is 1. The number of aromatic nitrogens is 1. The van der Waals surface area contributed by atoms with Crippen LogP contribution in [0.25, 0.3) is 10.9 Å². The first-order valence-corrected chi connectivity index (χ1v) is 12.5. The molecule has 0 unspecified atom stereocenters. The van der Waals surface area contributed by atoms with Gasteiger partial charge in [-0.1, -0.05) is 24.3 Å². The summed E-state index contributed by atoms with van der Waals surface area (Å²) >= 11 is 0. The number of hydrogen-bond acceptors (Lipinski definition) is 4. The van der Waals surface area contributed by atoms with Crippen LogP contribution >= 0.6 is 0 Å². The number of H-pyrrole nitrogens is 1. The van der Waals surface area contributed by atoms with Crippen molar-refractivity contribution in [2.24, 2.45) is 0 Å². The van der Waals surface area contributed by atoms with Crippen molar-refractivity contribution in [2.75, 3.05) is 0 Å². The summed E-state index contributed by atoms with van der Waals surface area (Å²) in [7, 11) is -4.06. The van der Waals surface area contributed by atoms with E-state index in [0.717, 1.165) is 16.5 Å². The minimum atomic E-state index is -4.06. The standard InChI is InChI=1S/C27H25FN2O4S/c1-17-12-22-14-23(27(32)29-26(22)13-18(17)2)16-30(15-20-4-8-24(28)9-5-20)35(33,34)25-10-6-21(7-11-25)19(3)31/h4-14H,15-16H2,1-3H3,(H,29,32). The molecule has 6 nitrogen and oxygen atoms in total. The quantitative estimate of drug-likeness (QED) is 0.373. The molecule has 1 heterocycles. The number of Topliss-reactive ketones (excluding diaryl/α,β-unsaturated/α-hetero) is 1. The number of rotatable bonds is 7. The van der Waals surface area contributed by atoms with E-state index in [0.29, 0.717) is 16.6 Å². The van der Waals surface area contributed by atoms with Crippen molar-refractivity contribution >= 4 is 26.7 Å². The Bertz CT molecular complexity index is 1580. The number of pyridine rings is 1. The van der Waals surface area contributed by atoms with Crippen LogP contribution in [0.2, 0.25) is 0 Å². The average molecular weight is 493 g/mol. The molecule has 4 rings (SSSR count). The number of fused-ring (bicyclic) bond motifs is 1. The molecule has 0 atom stereocenters. The summed E-state index contributed by atoms with van der Waals surface area (Å²) < 4.78 is 41.8. The number of sulfonamides is 1. The molecular weight excluding hydrogens is 467 g/mol. The lowest BCUT2D eigenvalue weighted by molar-refractivity contribution is 0.101. The average Bonchev–Trinajstić information content (AvgIpc) is 2.81. The molecule has 1 aromatic heterocycles. The van der Waals surface area contributed by atoms with E-state index in [2.05, 4.69) is 4.98 Å². The number of aromatic amines is 1. The first kappa shape index (κ1) is 24.5. The van der Waals surface area contributed by atoms with Gasteiger partial charge in [0.2, 0.25) is 10.0 Å². The third-order valence-electron chi connectivity index (χ3n) is 6.05. The molecular formula is C27H25FN2O4S. The van der Waals surface area contributed by atoms with E-state index in [4.69, 9.17) is 0 Å². The molecule has 0 saturated carbocycles. The number of benzene rings is 3. The van der Waals surface area contributed by atoms with Crippen molar-refractivity contribution < 1.29 is 17.6 Å². The Morgan fingerprint density at radius 1 is 0.914 bits per heavy atom. The molecule has 35 heavy (non-hydrogen) atoms. The highest BCUT2D eigenvalue weighted by atomic mass is 32.2. The zero-order valence-corrected chi connectivity index (χ0v) is 20.4. The molecule has 0 aliphatic rings. The minimum absolute atomic E-state index is 0.00620. The number of hydrogen-bond donors (Lipinski definition) is 1. The third kappa shape index (κ3) is 5.23. The van der Waals surface area contributed by atoms with Gasteiger partial charge < -0.3 is 4.98 Å². The van der Waals surface area contributed by atoms with Gasteiger partial charge >= 0.3 is 0 Å². The van der Waals surface area contributed by atoms with E-state index in [1.165, 1.54) is 59.8 Å². The van der Waals surface area contributed by atoms with Crippen molar-refractivity contribution in [3.8, 4) is 0 Å². The lowest BCUT2D eigenvalue weighted by atomic mass is 10.0. The summed E-state index contributed by atoms with van der Waals surface area (Å²) in [6.07, 6.45) is 0. The first-order valence-electron chi connectivity index (χ1n) is 11.0. The van der Waals surface area contributed by atoms with E-state index in [1.54, 1.807) is 6.07 Å². The van der Waals surface area contributed by atoms with Gasteiger partial charge in [-0.25, -0.2) is 12.8 Å². The summed E-state index contributed by atoms with van der Waals surface area (Å²) in [6, 6.07) is 16.7. The Morgan fingerprint density at radius 3 is 2.17 bits per heavy atom. The van der Waals surface area contributed by atoms with Crippen molar-refractivity contribution in [3.63, 3.8) is 0 Å². The SMILES string of the molecule is CC(=O)c1ccc(S(=O)(=O)N(Cc2ccc(F)cc2)Cc2cc3cc(C)c(C)cc3[nH]c2=O)cc1. The number of halogens is 1. The topological polar surface area (TPSA) is 87.3 Å². The van der Waals surface area contributed by atoms with E-state index in [9.17, 15) is 22.4 Å². The normalized spacial score (nSPS) is 11.8. The highest BCUT2D eigenvalue weighted by Gasteiger charge is 2.26. The second kappa shape index (κ2) is 9.56. The van der Waals surface area contributed by atoms with Gasteiger partial charge in [0.1, 0.15) is 5.82 Å². The third-order valence-corrected chi connectivity index (χ3v) is 7.86. The summed E-state index contributed by atoms with van der Waals surface area (Å²) in [5.41, 5.74) is 3.63. The van der Waals surface area contributed by atoms with Gasteiger partial charge in [0, 0.05) is 29.7 Å². The monoisotopic (exact) mass is 492 g/mol. The molecule has 0 fully saturated rings. The second-order valence-electron chi connectivity index (χ2n) is 8.63. The van der Waals surface area contributed by atoms with Crippen molar-refractivity contribution in [3.05, 3.63) is 111 Å². The van der Waals surface area contributed by atoms with Crippen LogP contribution in [0.1, 0.15) is 39.5 Å². The predicted octanol–water partition coefficient (Wildman–Crippen LogP) is 4.88. The molecule has 0 radical (unpaired) electrons. The second-order valence-corrected chi connectivity index (χ2v) is 10.6. The molecule has 3 aromatic carbocycles. The fourth-order valence-electron chi connectivity index (χ4n) is 3.86. The summed E-state index contributed by atoms with van der Waals surface area (Å²) in [5.74, 6) is -0.607. The molecule has 1 N–H and O–H groups in total. The van der Waals surface area contributed by atoms with Gasteiger partial charge in [0.25, 0.3) is 5.56 Å². The Morgan fingerprint density at radius 2 is 1.54 bits per heavy atom. The Labute approximate surface area is 203 Å². The van der Waals surface area contributed by atoms with Crippen LogP contribution in [-0.4, -0.2) is 23.5 Å². The van der Waals surface area contributed by atoms with Crippen LogP contribution in [0.15, 0.2) is 76.4 Å².